The maximum Gasteiger partial charge on any atom is 0.339 e. The molecule has 4 rings (SSSR count). The molecule has 1 N–H and O–H groups in total. The number of fused-ring (bicyclic) bond motifs is 1. The summed E-state index contributed by atoms with van der Waals surface area (Å²) in [5.41, 5.74) is 0.880. The molecule has 2 aromatic carbocycles. The smallest absolute Gasteiger partial charge is 0.339 e. The fourth-order valence-electron chi connectivity index (χ4n) is 4.15. The zero-order valence-corrected chi connectivity index (χ0v) is 17.7. The molecule has 162 valence electrons. The summed E-state index contributed by atoms with van der Waals surface area (Å²) in [6.45, 7) is 1.36. The Labute approximate surface area is 180 Å². The highest BCUT2D eigenvalue weighted by Crippen LogP contribution is 2.40. The summed E-state index contributed by atoms with van der Waals surface area (Å²) in [5, 5.41) is 2.56. The van der Waals surface area contributed by atoms with Crippen molar-refractivity contribution in [2.24, 2.45) is 11.8 Å². The van der Waals surface area contributed by atoms with Crippen LogP contribution in [-0.4, -0.2) is 26.1 Å². The van der Waals surface area contributed by atoms with E-state index in [4.69, 9.17) is 4.18 Å². The summed E-state index contributed by atoms with van der Waals surface area (Å²) in [5.74, 6) is -1.08. The first-order valence-corrected chi connectivity index (χ1v) is 11.5. The Morgan fingerprint density at radius 3 is 2.00 bits per heavy atom. The van der Waals surface area contributed by atoms with E-state index < -0.39 is 10.1 Å². The number of anilines is 2. The average Bonchev–Trinajstić information content (AvgIpc) is 2.99. The maximum atomic E-state index is 12.7. The van der Waals surface area contributed by atoms with Gasteiger partial charge in [-0.1, -0.05) is 12.8 Å². The minimum atomic E-state index is -4.09. The summed E-state index contributed by atoms with van der Waals surface area (Å²) in [6, 6.07) is 11.4. The lowest BCUT2D eigenvalue weighted by atomic mass is 9.81. The van der Waals surface area contributed by atoms with E-state index in [2.05, 4.69) is 5.32 Å². The lowest BCUT2D eigenvalue weighted by Crippen LogP contribution is -2.30. The van der Waals surface area contributed by atoms with Crippen molar-refractivity contribution in [3.63, 3.8) is 0 Å². The van der Waals surface area contributed by atoms with Crippen LogP contribution in [0.2, 0.25) is 0 Å². The lowest BCUT2D eigenvalue weighted by Gasteiger charge is -2.19. The van der Waals surface area contributed by atoms with Crippen LogP contribution >= 0.6 is 0 Å². The van der Waals surface area contributed by atoms with Crippen LogP contribution in [0, 0.1) is 11.8 Å². The summed E-state index contributed by atoms with van der Waals surface area (Å²) in [6.07, 6.45) is 3.35. The number of hydrogen-bond donors (Lipinski definition) is 1. The fourth-order valence-corrected chi connectivity index (χ4v) is 5.08. The molecule has 1 saturated heterocycles. The van der Waals surface area contributed by atoms with Crippen LogP contribution < -0.4 is 14.4 Å². The monoisotopic (exact) mass is 442 g/mol. The third kappa shape index (κ3) is 4.18. The Morgan fingerprint density at radius 2 is 1.48 bits per heavy atom. The van der Waals surface area contributed by atoms with Crippen LogP contribution in [0.4, 0.5) is 11.4 Å². The number of amides is 3. The first-order valence-electron chi connectivity index (χ1n) is 10.1. The Morgan fingerprint density at radius 1 is 0.935 bits per heavy atom. The van der Waals surface area contributed by atoms with Crippen LogP contribution in [0.1, 0.15) is 32.6 Å². The number of hydrogen-bond acceptors (Lipinski definition) is 6. The molecular weight excluding hydrogens is 420 g/mol. The Balaban J connectivity index is 1.49. The van der Waals surface area contributed by atoms with Gasteiger partial charge in [-0.3, -0.25) is 19.3 Å². The van der Waals surface area contributed by atoms with E-state index in [-0.39, 0.29) is 40.2 Å². The van der Waals surface area contributed by atoms with E-state index in [1.54, 1.807) is 0 Å². The second-order valence-electron chi connectivity index (χ2n) is 7.75. The summed E-state index contributed by atoms with van der Waals surface area (Å²) in [4.78, 5) is 37.6. The van der Waals surface area contributed by atoms with E-state index >= 15 is 0 Å². The molecule has 1 heterocycles. The largest absolute Gasteiger partial charge is 0.379 e. The molecule has 0 radical (unpaired) electrons. The second kappa shape index (κ2) is 8.14. The third-order valence-corrected chi connectivity index (χ3v) is 6.87. The van der Waals surface area contributed by atoms with Crippen LogP contribution in [0.3, 0.4) is 0 Å². The zero-order valence-electron chi connectivity index (χ0n) is 16.9. The van der Waals surface area contributed by atoms with Crippen LogP contribution in [0.15, 0.2) is 53.4 Å². The van der Waals surface area contributed by atoms with Gasteiger partial charge in [0, 0.05) is 12.6 Å². The van der Waals surface area contributed by atoms with Gasteiger partial charge in [0.15, 0.2) is 0 Å². The number of rotatable bonds is 5. The van der Waals surface area contributed by atoms with Crippen molar-refractivity contribution in [3.8, 4) is 5.75 Å². The van der Waals surface area contributed by atoms with E-state index in [1.165, 1.54) is 60.4 Å². The van der Waals surface area contributed by atoms with Gasteiger partial charge in [0.2, 0.25) is 17.7 Å². The molecule has 0 bridgehead atoms. The molecule has 9 heteroatoms. The predicted octanol–water partition coefficient (Wildman–Crippen LogP) is 3.09. The van der Waals surface area contributed by atoms with Gasteiger partial charge in [0.1, 0.15) is 10.6 Å². The number of carbonyl (C=O) groups excluding carboxylic acids is 3. The highest BCUT2D eigenvalue weighted by atomic mass is 32.2. The molecular formula is C22H22N2O6S. The van der Waals surface area contributed by atoms with Gasteiger partial charge in [0.05, 0.1) is 17.5 Å². The molecule has 0 unspecified atom stereocenters. The molecule has 1 saturated carbocycles. The molecule has 2 fully saturated rings. The number of benzene rings is 2. The van der Waals surface area contributed by atoms with E-state index in [1.807, 2.05) is 0 Å². The molecule has 1 aliphatic heterocycles. The Hall–Kier alpha value is -3.20. The first kappa shape index (κ1) is 21.0. The molecule has 31 heavy (non-hydrogen) atoms. The van der Waals surface area contributed by atoms with Gasteiger partial charge in [-0.25, -0.2) is 0 Å². The summed E-state index contributed by atoms with van der Waals surface area (Å²) in [7, 11) is -4.09. The standard InChI is InChI=1S/C22H22N2O6S/c1-14(25)23-15-6-12-18(13-7-15)31(28,29)30-17-10-8-16(9-11-17)24-21(26)19-4-2-3-5-20(19)22(24)27/h6-13,19-20H,2-5H2,1H3,(H,23,25)/t19-,20-/m0/s1. The first-order chi connectivity index (χ1) is 14.8. The van der Waals surface area contributed by atoms with Crippen LogP contribution in [-0.2, 0) is 24.5 Å². The van der Waals surface area contributed by atoms with Gasteiger partial charge < -0.3 is 9.50 Å². The summed E-state index contributed by atoms with van der Waals surface area (Å²) >= 11 is 0. The number of nitrogens with one attached hydrogen (secondary N) is 1. The minimum Gasteiger partial charge on any atom is -0.379 e. The Bertz CT molecular complexity index is 1100. The number of nitrogens with zero attached hydrogens (tertiary/aromatic N) is 1. The van der Waals surface area contributed by atoms with Crippen molar-refractivity contribution >= 4 is 39.2 Å². The second-order valence-corrected chi connectivity index (χ2v) is 9.29. The van der Waals surface area contributed by atoms with Crippen molar-refractivity contribution in [1.29, 1.82) is 0 Å². The van der Waals surface area contributed by atoms with Gasteiger partial charge in [0.25, 0.3) is 0 Å². The highest BCUT2D eigenvalue weighted by molar-refractivity contribution is 7.87. The van der Waals surface area contributed by atoms with Crippen LogP contribution in [0.5, 0.6) is 5.75 Å². The van der Waals surface area contributed by atoms with Gasteiger partial charge >= 0.3 is 10.1 Å². The maximum absolute atomic E-state index is 12.7. The van der Waals surface area contributed by atoms with Gasteiger partial charge in [-0.15, -0.1) is 0 Å². The van der Waals surface area contributed by atoms with Crippen LogP contribution in [0.25, 0.3) is 0 Å². The molecule has 0 spiro atoms. The molecule has 0 aromatic heterocycles. The van der Waals surface area contributed by atoms with Gasteiger partial charge in [-0.05, 0) is 61.4 Å². The summed E-state index contributed by atoms with van der Waals surface area (Å²) < 4.78 is 30.2. The topological polar surface area (TPSA) is 110 Å². The lowest BCUT2D eigenvalue weighted by molar-refractivity contribution is -0.122. The Kier molecular flexibility index (Phi) is 5.53. The highest BCUT2D eigenvalue weighted by Gasteiger charge is 2.48. The fraction of sp³-hybridized carbons (Fsp3) is 0.318. The zero-order chi connectivity index (χ0) is 22.2. The quantitative estimate of drug-likeness (QED) is 0.563. The van der Waals surface area contributed by atoms with E-state index in [9.17, 15) is 22.8 Å². The van der Waals surface area contributed by atoms with E-state index in [0.717, 1.165) is 25.7 Å². The normalized spacial score (nSPS) is 21.0. The SMILES string of the molecule is CC(=O)Nc1ccc(S(=O)(=O)Oc2ccc(N3C(=O)[C@H]4CCCC[C@@H]4C3=O)cc2)cc1. The number of carbonyl (C=O) groups is 3. The van der Waals surface area contributed by atoms with Crippen molar-refractivity contribution < 1.29 is 27.0 Å². The number of imide groups is 1. The molecule has 2 atom stereocenters. The minimum absolute atomic E-state index is 0.0613. The van der Waals surface area contributed by atoms with Crippen molar-refractivity contribution in [1.82, 2.24) is 0 Å². The molecule has 8 nitrogen and oxygen atoms in total. The van der Waals surface area contributed by atoms with E-state index in [0.29, 0.717) is 11.4 Å². The van der Waals surface area contributed by atoms with Gasteiger partial charge in [-0.2, -0.15) is 8.42 Å². The average molecular weight is 442 g/mol. The van der Waals surface area contributed by atoms with Crippen molar-refractivity contribution in [2.75, 3.05) is 10.2 Å². The third-order valence-electron chi connectivity index (χ3n) is 5.61. The predicted molar refractivity (Wildman–Crippen MR) is 113 cm³/mol. The van der Waals surface area contributed by atoms with Crippen molar-refractivity contribution in [2.45, 2.75) is 37.5 Å². The molecule has 3 amide bonds. The van der Waals surface area contributed by atoms with Crippen molar-refractivity contribution in [3.05, 3.63) is 48.5 Å². The molecule has 2 aromatic rings. The molecule has 2 aliphatic rings. The molecule has 1 aliphatic carbocycles.